The van der Waals surface area contributed by atoms with E-state index in [0.717, 1.165) is 5.56 Å². The molecule has 0 spiro atoms. The molecule has 0 saturated heterocycles. The van der Waals surface area contributed by atoms with Gasteiger partial charge in [0.05, 0.1) is 6.61 Å². The normalized spacial score (nSPS) is 12.2. The number of ether oxygens (including phenoxy) is 2. The zero-order valence-electron chi connectivity index (χ0n) is 12.1. The molecule has 1 aromatic carbocycles. The molecule has 118 valence electrons. The number of nitrogens with one attached hydrogen (secondary N) is 1. The van der Waals surface area contributed by atoms with E-state index in [4.69, 9.17) is 10.5 Å². The molecule has 0 aromatic heterocycles. The van der Waals surface area contributed by atoms with Gasteiger partial charge in [-0.15, -0.1) is 0 Å². The molecule has 0 heterocycles. The number of hydrogen-bond donors (Lipinski definition) is 2. The van der Waals surface area contributed by atoms with Crippen molar-refractivity contribution in [2.45, 2.75) is 32.9 Å². The van der Waals surface area contributed by atoms with E-state index in [-0.39, 0.29) is 24.0 Å². The van der Waals surface area contributed by atoms with E-state index < -0.39 is 12.5 Å². The number of hydrogen-bond acceptors (Lipinski definition) is 4. The third-order valence-corrected chi connectivity index (χ3v) is 2.74. The van der Waals surface area contributed by atoms with E-state index in [1.165, 1.54) is 6.07 Å². The third-order valence-electron chi connectivity index (χ3n) is 2.74. The van der Waals surface area contributed by atoms with Gasteiger partial charge in [0.2, 0.25) is 5.91 Å². The van der Waals surface area contributed by atoms with Gasteiger partial charge < -0.3 is 20.5 Å². The minimum Gasteiger partial charge on any atom is -0.490 e. The summed E-state index contributed by atoms with van der Waals surface area (Å²) in [6, 6.07) is 4.29. The molecule has 7 heteroatoms. The fourth-order valence-electron chi connectivity index (χ4n) is 1.96. The van der Waals surface area contributed by atoms with Crippen molar-refractivity contribution in [3.8, 4) is 11.5 Å². The van der Waals surface area contributed by atoms with E-state index in [0.29, 0.717) is 13.2 Å². The Labute approximate surface area is 122 Å². The molecule has 0 aliphatic carbocycles. The van der Waals surface area contributed by atoms with Crippen LogP contribution in [0.3, 0.4) is 0 Å². The Bertz CT molecular complexity index is 470. The van der Waals surface area contributed by atoms with Crippen molar-refractivity contribution in [3.05, 3.63) is 23.8 Å². The molecule has 1 aromatic rings. The van der Waals surface area contributed by atoms with Gasteiger partial charge in [0.1, 0.15) is 0 Å². The Hall–Kier alpha value is -1.89. The maximum absolute atomic E-state index is 12.3. The van der Waals surface area contributed by atoms with Crippen LogP contribution in [0.4, 0.5) is 8.78 Å². The summed E-state index contributed by atoms with van der Waals surface area (Å²) in [6.07, 6.45) is 0.106. The van der Waals surface area contributed by atoms with E-state index in [1.807, 2.05) is 6.92 Å². The van der Waals surface area contributed by atoms with E-state index in [2.05, 4.69) is 10.1 Å². The molecule has 0 saturated carbocycles. The van der Waals surface area contributed by atoms with Crippen LogP contribution in [0.2, 0.25) is 0 Å². The maximum atomic E-state index is 12.3. The number of primary amides is 1. The van der Waals surface area contributed by atoms with Crippen LogP contribution < -0.4 is 20.5 Å². The standard InChI is InChI=1S/C14H20F2N2O3/c1-3-18-10(8-13(17)19)9-5-6-11(21-14(15)16)12(7-9)20-4-2/h5-7,10,14,18H,3-4,8H2,1-2H3,(H2,17,19). The summed E-state index contributed by atoms with van der Waals surface area (Å²) in [6.45, 7) is 1.66. The molecule has 5 nitrogen and oxygen atoms in total. The first kappa shape index (κ1) is 17.2. The van der Waals surface area contributed by atoms with E-state index in [1.54, 1.807) is 19.1 Å². The summed E-state index contributed by atoms with van der Waals surface area (Å²) in [5.74, 6) is -0.278. The Morgan fingerprint density at radius 2 is 2.05 bits per heavy atom. The van der Waals surface area contributed by atoms with Crippen LogP contribution in [-0.4, -0.2) is 25.7 Å². The molecule has 1 amide bonds. The summed E-state index contributed by atoms with van der Waals surface area (Å²) in [5, 5.41) is 3.11. The first-order valence-corrected chi connectivity index (χ1v) is 6.71. The highest BCUT2D eigenvalue weighted by Crippen LogP contribution is 2.32. The highest BCUT2D eigenvalue weighted by atomic mass is 19.3. The Morgan fingerprint density at radius 3 is 2.57 bits per heavy atom. The zero-order valence-corrected chi connectivity index (χ0v) is 12.1. The lowest BCUT2D eigenvalue weighted by atomic mass is 10.0. The van der Waals surface area contributed by atoms with Crippen molar-refractivity contribution in [1.82, 2.24) is 5.32 Å². The fourth-order valence-corrected chi connectivity index (χ4v) is 1.96. The predicted molar refractivity (Wildman–Crippen MR) is 74.5 cm³/mol. The average molecular weight is 302 g/mol. The highest BCUT2D eigenvalue weighted by molar-refractivity contribution is 5.74. The number of carbonyl (C=O) groups is 1. The Kier molecular flexibility index (Phi) is 6.87. The molecular weight excluding hydrogens is 282 g/mol. The average Bonchev–Trinajstić information content (AvgIpc) is 2.39. The lowest BCUT2D eigenvalue weighted by Crippen LogP contribution is -2.26. The van der Waals surface area contributed by atoms with Gasteiger partial charge in [-0.25, -0.2) is 0 Å². The minimum atomic E-state index is -2.93. The molecule has 1 rings (SSSR count). The van der Waals surface area contributed by atoms with Crippen LogP contribution >= 0.6 is 0 Å². The lowest BCUT2D eigenvalue weighted by molar-refractivity contribution is -0.118. The molecule has 1 atom stereocenters. The molecule has 0 aliphatic heterocycles. The van der Waals surface area contributed by atoms with Crippen molar-refractivity contribution in [1.29, 1.82) is 0 Å². The predicted octanol–water partition coefficient (Wildman–Crippen LogP) is 2.21. The van der Waals surface area contributed by atoms with Crippen molar-refractivity contribution in [2.75, 3.05) is 13.2 Å². The molecule has 21 heavy (non-hydrogen) atoms. The number of benzene rings is 1. The molecule has 0 bridgehead atoms. The van der Waals surface area contributed by atoms with Crippen LogP contribution in [-0.2, 0) is 4.79 Å². The van der Waals surface area contributed by atoms with Gasteiger partial charge in [-0.1, -0.05) is 13.0 Å². The number of halogens is 2. The number of nitrogens with two attached hydrogens (primary N) is 1. The van der Waals surface area contributed by atoms with Gasteiger partial charge in [0, 0.05) is 12.5 Å². The maximum Gasteiger partial charge on any atom is 0.387 e. The van der Waals surface area contributed by atoms with Crippen LogP contribution in [0, 0.1) is 0 Å². The highest BCUT2D eigenvalue weighted by Gasteiger charge is 2.17. The summed E-state index contributed by atoms with van der Waals surface area (Å²) in [7, 11) is 0. The molecule has 1 unspecified atom stereocenters. The smallest absolute Gasteiger partial charge is 0.387 e. The van der Waals surface area contributed by atoms with Gasteiger partial charge in [0.25, 0.3) is 0 Å². The minimum absolute atomic E-state index is 0.0371. The summed E-state index contributed by atoms with van der Waals surface area (Å²) >= 11 is 0. The van der Waals surface area contributed by atoms with Gasteiger partial charge >= 0.3 is 6.61 Å². The first-order chi connectivity index (χ1) is 9.97. The van der Waals surface area contributed by atoms with Crippen molar-refractivity contribution in [2.24, 2.45) is 5.73 Å². The van der Waals surface area contributed by atoms with E-state index in [9.17, 15) is 13.6 Å². The molecule has 3 N–H and O–H groups in total. The van der Waals surface area contributed by atoms with Crippen molar-refractivity contribution in [3.63, 3.8) is 0 Å². The zero-order chi connectivity index (χ0) is 15.8. The summed E-state index contributed by atoms with van der Waals surface area (Å²) in [4.78, 5) is 11.1. The summed E-state index contributed by atoms with van der Waals surface area (Å²) < 4.78 is 34.4. The fraction of sp³-hybridized carbons (Fsp3) is 0.500. The number of alkyl halides is 2. The van der Waals surface area contributed by atoms with E-state index >= 15 is 0 Å². The second-order valence-corrected chi connectivity index (χ2v) is 4.30. The Balaban J connectivity index is 3.05. The van der Waals surface area contributed by atoms with Crippen LogP contribution in [0.15, 0.2) is 18.2 Å². The van der Waals surface area contributed by atoms with Gasteiger partial charge in [0.15, 0.2) is 11.5 Å². The van der Waals surface area contributed by atoms with Crippen LogP contribution in [0.25, 0.3) is 0 Å². The molecule has 0 radical (unpaired) electrons. The van der Waals surface area contributed by atoms with Crippen molar-refractivity contribution < 1.29 is 23.0 Å². The summed E-state index contributed by atoms with van der Waals surface area (Å²) in [5.41, 5.74) is 5.94. The topological polar surface area (TPSA) is 73.6 Å². The van der Waals surface area contributed by atoms with Crippen molar-refractivity contribution >= 4 is 5.91 Å². The number of rotatable bonds is 9. The lowest BCUT2D eigenvalue weighted by Gasteiger charge is -2.19. The monoisotopic (exact) mass is 302 g/mol. The SMILES string of the molecule is CCNC(CC(N)=O)c1ccc(OC(F)F)c(OCC)c1. The van der Waals surface area contributed by atoms with Gasteiger partial charge in [-0.2, -0.15) is 8.78 Å². The molecule has 0 aliphatic rings. The largest absolute Gasteiger partial charge is 0.490 e. The molecule has 0 fully saturated rings. The van der Waals surface area contributed by atoms with Gasteiger partial charge in [-0.05, 0) is 31.2 Å². The van der Waals surface area contributed by atoms with Crippen LogP contribution in [0.5, 0.6) is 11.5 Å². The quantitative estimate of drug-likeness (QED) is 0.733. The second-order valence-electron chi connectivity index (χ2n) is 4.30. The number of carbonyl (C=O) groups excluding carboxylic acids is 1. The molecular formula is C14H20F2N2O3. The Morgan fingerprint density at radius 1 is 1.33 bits per heavy atom. The van der Waals surface area contributed by atoms with Gasteiger partial charge in [-0.3, -0.25) is 4.79 Å². The van der Waals surface area contributed by atoms with Crippen LogP contribution in [0.1, 0.15) is 31.9 Å². The second kappa shape index (κ2) is 8.41. The number of amides is 1. The third kappa shape index (κ3) is 5.55. The first-order valence-electron chi connectivity index (χ1n) is 6.71.